The van der Waals surface area contributed by atoms with Crippen LogP contribution in [0.1, 0.15) is 32.0 Å². The van der Waals surface area contributed by atoms with Crippen molar-refractivity contribution in [2.75, 3.05) is 0 Å². The molecule has 2 rings (SSSR count). The summed E-state index contributed by atoms with van der Waals surface area (Å²) in [6.45, 7) is 7.19. The van der Waals surface area contributed by atoms with Crippen LogP contribution in [0, 0.1) is 6.92 Å². The van der Waals surface area contributed by atoms with E-state index in [-0.39, 0.29) is 6.42 Å². The van der Waals surface area contributed by atoms with Crippen molar-refractivity contribution in [3.05, 3.63) is 53.9 Å². The number of benzene rings is 1. The van der Waals surface area contributed by atoms with Gasteiger partial charge in [0, 0.05) is 24.0 Å². The first kappa shape index (κ1) is 18.6. The Morgan fingerprint density at radius 3 is 2.40 bits per heavy atom. The second kappa shape index (κ2) is 7.42. The maximum atomic E-state index is 11.9. The molecule has 0 aliphatic heterocycles. The number of hydrogen-bond acceptors (Lipinski definition) is 3. The SMILES string of the molecule is Cc1ccc(-n2cccc2CC(NC(=O)OC(C)(C)C)C(=O)O)cc1. The second-order valence-corrected chi connectivity index (χ2v) is 6.95. The highest BCUT2D eigenvalue weighted by atomic mass is 16.6. The Balaban J connectivity index is 2.16. The van der Waals surface area contributed by atoms with Crippen molar-refractivity contribution in [2.45, 2.75) is 45.8 Å². The van der Waals surface area contributed by atoms with Crippen LogP contribution in [0.3, 0.4) is 0 Å². The molecule has 0 saturated heterocycles. The minimum Gasteiger partial charge on any atom is -0.480 e. The van der Waals surface area contributed by atoms with Crippen LogP contribution >= 0.6 is 0 Å². The number of carbonyl (C=O) groups is 2. The summed E-state index contributed by atoms with van der Waals surface area (Å²) in [7, 11) is 0. The second-order valence-electron chi connectivity index (χ2n) is 6.95. The number of hydrogen-bond donors (Lipinski definition) is 2. The van der Waals surface area contributed by atoms with Gasteiger partial charge in [-0.25, -0.2) is 9.59 Å². The first-order valence-corrected chi connectivity index (χ1v) is 8.11. The van der Waals surface area contributed by atoms with E-state index in [9.17, 15) is 14.7 Å². The van der Waals surface area contributed by atoms with Gasteiger partial charge in [-0.05, 0) is 52.0 Å². The molecule has 2 aromatic rings. The van der Waals surface area contributed by atoms with Gasteiger partial charge in [0.05, 0.1) is 0 Å². The molecule has 0 bridgehead atoms. The largest absolute Gasteiger partial charge is 0.480 e. The molecule has 0 saturated carbocycles. The summed E-state index contributed by atoms with van der Waals surface area (Å²) in [4.78, 5) is 23.4. The smallest absolute Gasteiger partial charge is 0.408 e. The van der Waals surface area contributed by atoms with Gasteiger partial charge in [0.2, 0.25) is 0 Å². The Kier molecular flexibility index (Phi) is 5.51. The van der Waals surface area contributed by atoms with E-state index in [1.807, 2.05) is 54.1 Å². The van der Waals surface area contributed by atoms with Crippen molar-refractivity contribution in [2.24, 2.45) is 0 Å². The molecule has 0 fully saturated rings. The van der Waals surface area contributed by atoms with Crippen LogP contribution in [0.2, 0.25) is 0 Å². The van der Waals surface area contributed by atoms with Gasteiger partial charge in [-0.3, -0.25) is 0 Å². The minimum absolute atomic E-state index is 0.148. The maximum Gasteiger partial charge on any atom is 0.408 e. The normalized spacial score (nSPS) is 12.5. The van der Waals surface area contributed by atoms with Gasteiger partial charge in [-0.2, -0.15) is 0 Å². The third kappa shape index (κ3) is 5.38. The highest BCUT2D eigenvalue weighted by molar-refractivity contribution is 5.80. The number of ether oxygens (including phenoxy) is 1. The zero-order valence-electron chi connectivity index (χ0n) is 14.9. The molecule has 1 unspecified atom stereocenters. The Bertz CT molecular complexity index is 742. The van der Waals surface area contributed by atoms with Gasteiger partial charge in [0.15, 0.2) is 0 Å². The van der Waals surface area contributed by atoms with E-state index in [1.54, 1.807) is 20.8 Å². The van der Waals surface area contributed by atoms with Crippen LogP contribution in [0.25, 0.3) is 5.69 Å². The van der Waals surface area contributed by atoms with E-state index < -0.39 is 23.7 Å². The summed E-state index contributed by atoms with van der Waals surface area (Å²) in [6, 6.07) is 10.5. The standard InChI is InChI=1S/C19H24N2O4/c1-13-7-9-14(10-8-13)21-11-5-6-15(21)12-16(17(22)23)20-18(24)25-19(2,3)4/h5-11,16H,12H2,1-4H3,(H,20,24)(H,22,23). The number of amides is 1. The predicted molar refractivity (Wildman–Crippen MR) is 95.0 cm³/mol. The van der Waals surface area contributed by atoms with E-state index in [4.69, 9.17) is 4.74 Å². The number of aryl methyl sites for hydroxylation is 1. The summed E-state index contributed by atoms with van der Waals surface area (Å²) in [6.07, 6.45) is 1.27. The minimum atomic E-state index is -1.11. The van der Waals surface area contributed by atoms with E-state index in [0.29, 0.717) is 0 Å². The zero-order valence-corrected chi connectivity index (χ0v) is 14.9. The molecule has 6 nitrogen and oxygen atoms in total. The van der Waals surface area contributed by atoms with Gasteiger partial charge in [0.1, 0.15) is 11.6 Å². The van der Waals surface area contributed by atoms with Crippen molar-refractivity contribution in [3.63, 3.8) is 0 Å². The zero-order chi connectivity index (χ0) is 18.6. The van der Waals surface area contributed by atoms with Gasteiger partial charge in [0.25, 0.3) is 0 Å². The number of aliphatic carboxylic acids is 1. The molecule has 1 amide bonds. The fourth-order valence-electron chi connectivity index (χ4n) is 2.40. The lowest BCUT2D eigenvalue weighted by Crippen LogP contribution is -2.44. The molecule has 1 aromatic heterocycles. The number of nitrogens with zero attached hydrogens (tertiary/aromatic N) is 1. The van der Waals surface area contributed by atoms with Crippen molar-refractivity contribution < 1.29 is 19.4 Å². The first-order chi connectivity index (χ1) is 11.7. The molecule has 1 atom stereocenters. The molecule has 0 radical (unpaired) electrons. The van der Waals surface area contributed by atoms with Crippen molar-refractivity contribution in [1.29, 1.82) is 0 Å². The maximum absolute atomic E-state index is 11.9. The lowest BCUT2D eigenvalue weighted by atomic mass is 10.1. The summed E-state index contributed by atoms with van der Waals surface area (Å²) in [5.74, 6) is -1.11. The van der Waals surface area contributed by atoms with E-state index in [2.05, 4.69) is 5.32 Å². The molecule has 1 heterocycles. The Labute approximate surface area is 147 Å². The number of carboxylic acid groups (broad SMARTS) is 1. The summed E-state index contributed by atoms with van der Waals surface area (Å²) >= 11 is 0. The van der Waals surface area contributed by atoms with E-state index in [0.717, 1.165) is 16.9 Å². The lowest BCUT2D eigenvalue weighted by molar-refractivity contribution is -0.139. The molecule has 0 spiro atoms. The summed E-state index contributed by atoms with van der Waals surface area (Å²) < 4.78 is 7.05. The average Bonchev–Trinajstić information content (AvgIpc) is 2.93. The summed E-state index contributed by atoms with van der Waals surface area (Å²) in [5.41, 5.74) is 2.18. The lowest BCUT2D eigenvalue weighted by Gasteiger charge is -2.22. The van der Waals surface area contributed by atoms with E-state index >= 15 is 0 Å². The van der Waals surface area contributed by atoms with Crippen LogP contribution in [0.15, 0.2) is 42.6 Å². The van der Waals surface area contributed by atoms with Crippen LogP contribution in [-0.2, 0) is 16.0 Å². The monoisotopic (exact) mass is 344 g/mol. The molecular formula is C19H24N2O4. The van der Waals surface area contributed by atoms with Gasteiger partial charge in [-0.1, -0.05) is 17.7 Å². The van der Waals surface area contributed by atoms with Crippen molar-refractivity contribution in [3.8, 4) is 5.69 Å². The molecule has 0 aliphatic carbocycles. The fourth-order valence-corrected chi connectivity index (χ4v) is 2.40. The quantitative estimate of drug-likeness (QED) is 0.872. The molecule has 1 aromatic carbocycles. The van der Waals surface area contributed by atoms with Gasteiger partial charge >= 0.3 is 12.1 Å². The predicted octanol–water partition coefficient (Wildman–Crippen LogP) is 3.31. The highest BCUT2D eigenvalue weighted by Gasteiger charge is 2.25. The number of rotatable bonds is 5. The highest BCUT2D eigenvalue weighted by Crippen LogP contribution is 2.16. The average molecular weight is 344 g/mol. The van der Waals surface area contributed by atoms with Gasteiger partial charge < -0.3 is 19.7 Å². The fraction of sp³-hybridized carbons (Fsp3) is 0.368. The van der Waals surface area contributed by atoms with Crippen LogP contribution in [0.4, 0.5) is 4.79 Å². The van der Waals surface area contributed by atoms with Crippen LogP contribution < -0.4 is 5.32 Å². The third-order valence-electron chi connectivity index (χ3n) is 3.55. The number of carboxylic acids is 1. The van der Waals surface area contributed by atoms with Gasteiger partial charge in [-0.15, -0.1) is 0 Å². The third-order valence-corrected chi connectivity index (χ3v) is 3.55. The summed E-state index contributed by atoms with van der Waals surface area (Å²) in [5, 5.41) is 11.9. The molecule has 2 N–H and O–H groups in total. The number of aromatic nitrogens is 1. The Morgan fingerprint density at radius 2 is 1.84 bits per heavy atom. The Hall–Kier alpha value is -2.76. The number of carbonyl (C=O) groups excluding carboxylic acids is 1. The molecule has 0 aliphatic rings. The first-order valence-electron chi connectivity index (χ1n) is 8.11. The topological polar surface area (TPSA) is 80.6 Å². The van der Waals surface area contributed by atoms with Crippen molar-refractivity contribution in [1.82, 2.24) is 9.88 Å². The molecule has 134 valence electrons. The Morgan fingerprint density at radius 1 is 1.20 bits per heavy atom. The molecule has 25 heavy (non-hydrogen) atoms. The molecular weight excluding hydrogens is 320 g/mol. The molecule has 6 heteroatoms. The number of nitrogens with one attached hydrogen (secondary N) is 1. The van der Waals surface area contributed by atoms with E-state index in [1.165, 1.54) is 0 Å². The van der Waals surface area contributed by atoms with Crippen molar-refractivity contribution >= 4 is 12.1 Å². The number of alkyl carbamates (subject to hydrolysis) is 1. The van der Waals surface area contributed by atoms with Crippen LogP contribution in [0.5, 0.6) is 0 Å². The van der Waals surface area contributed by atoms with Crippen LogP contribution in [-0.4, -0.2) is 33.4 Å².